The van der Waals surface area contributed by atoms with Crippen molar-refractivity contribution in [3.8, 4) is 67.3 Å². The summed E-state index contributed by atoms with van der Waals surface area (Å²) in [5.74, 6) is 0.698. The molecule has 0 saturated carbocycles. The smallest absolute Gasteiger partial charge is 0.295 e. The quantitative estimate of drug-likeness (QED) is 0.186. The molecule has 2 aromatic heterocycles. The molecule has 0 bridgehead atoms. The third-order valence-electron chi connectivity index (χ3n) is 9.05. The molecule has 5 nitrogen and oxygen atoms in total. The minimum atomic E-state index is -0.0204. The Hall–Kier alpha value is -6.33. The van der Waals surface area contributed by atoms with Crippen LogP contribution in [0.5, 0.6) is 0 Å². The number of aryl methyl sites for hydroxylation is 2. The Bertz CT molecular complexity index is 2440. The fourth-order valence-corrected chi connectivity index (χ4v) is 6.30. The van der Waals surface area contributed by atoms with E-state index >= 15 is 0 Å². The van der Waals surface area contributed by atoms with E-state index in [9.17, 15) is 4.79 Å². The Balaban J connectivity index is 1.10. The molecule has 0 radical (unpaired) electrons. The van der Waals surface area contributed by atoms with E-state index in [1.165, 1.54) is 11.1 Å². The van der Waals surface area contributed by atoms with Crippen LogP contribution >= 0.6 is 0 Å². The van der Waals surface area contributed by atoms with Crippen molar-refractivity contribution in [2.75, 3.05) is 0 Å². The minimum absolute atomic E-state index is 0.0204. The van der Waals surface area contributed by atoms with Gasteiger partial charge in [-0.05, 0) is 51.6 Å². The van der Waals surface area contributed by atoms with Crippen molar-refractivity contribution in [1.29, 1.82) is 0 Å². The molecular formula is C43H32N4O. The second-order valence-electron chi connectivity index (χ2n) is 12.0. The normalized spacial score (nSPS) is 11.2. The highest BCUT2D eigenvalue weighted by molar-refractivity contribution is 5.83. The van der Waals surface area contributed by atoms with Crippen LogP contribution in [0.1, 0.15) is 0 Å². The van der Waals surface area contributed by atoms with Crippen LogP contribution in [0.2, 0.25) is 0 Å². The summed E-state index contributed by atoms with van der Waals surface area (Å²) in [5, 5.41) is 0. The standard InChI is InChI=1S/C43H32N4O/c1-46-40-26-25-37(27-41(40)47(2)43(46)48)33-15-13-31(14-16-33)32-19-23-35(24-20-32)39-28-38(44-42(45-39)36-11-7-4-8-12-36)34-21-17-30(18-22-34)29-9-5-3-6-10-29/h3-28H,1-2H3. The second-order valence-corrected chi connectivity index (χ2v) is 12.0. The molecule has 2 heterocycles. The molecule has 48 heavy (non-hydrogen) atoms. The molecule has 0 aliphatic carbocycles. The third-order valence-corrected chi connectivity index (χ3v) is 9.05. The van der Waals surface area contributed by atoms with Crippen LogP contribution in [0.25, 0.3) is 78.3 Å². The third kappa shape index (κ3) is 5.41. The van der Waals surface area contributed by atoms with E-state index in [0.29, 0.717) is 5.82 Å². The summed E-state index contributed by atoms with van der Waals surface area (Å²) in [7, 11) is 3.62. The zero-order valence-electron chi connectivity index (χ0n) is 26.7. The van der Waals surface area contributed by atoms with Crippen LogP contribution in [0, 0.1) is 0 Å². The molecule has 0 amide bonds. The van der Waals surface area contributed by atoms with Gasteiger partial charge in [0, 0.05) is 30.8 Å². The molecule has 8 rings (SSSR count). The van der Waals surface area contributed by atoms with Gasteiger partial charge in [0.05, 0.1) is 22.4 Å². The molecule has 0 saturated heterocycles. The maximum Gasteiger partial charge on any atom is 0.328 e. The summed E-state index contributed by atoms with van der Waals surface area (Å²) in [6.45, 7) is 0. The highest BCUT2D eigenvalue weighted by Crippen LogP contribution is 2.32. The number of rotatable bonds is 6. The van der Waals surface area contributed by atoms with Gasteiger partial charge in [-0.15, -0.1) is 0 Å². The van der Waals surface area contributed by atoms with Crippen LogP contribution < -0.4 is 5.69 Å². The van der Waals surface area contributed by atoms with Crippen LogP contribution in [0.4, 0.5) is 0 Å². The SMILES string of the molecule is Cn1c(=O)n(C)c2cc(-c3ccc(-c4ccc(-c5cc(-c6ccc(-c7ccccc7)cc6)nc(-c6ccccc6)n5)cc4)cc3)ccc21. The molecule has 0 aliphatic heterocycles. The van der Waals surface area contributed by atoms with Gasteiger partial charge in [-0.2, -0.15) is 0 Å². The second kappa shape index (κ2) is 12.1. The summed E-state index contributed by atoms with van der Waals surface area (Å²) in [5.41, 5.74) is 13.4. The summed E-state index contributed by atoms with van der Waals surface area (Å²) < 4.78 is 3.37. The van der Waals surface area contributed by atoms with Crippen molar-refractivity contribution in [3.05, 3.63) is 168 Å². The maximum atomic E-state index is 12.4. The number of hydrogen-bond donors (Lipinski definition) is 0. The fourth-order valence-electron chi connectivity index (χ4n) is 6.30. The molecule has 0 N–H and O–H groups in total. The summed E-state index contributed by atoms with van der Waals surface area (Å²) >= 11 is 0. The minimum Gasteiger partial charge on any atom is -0.295 e. The van der Waals surface area contributed by atoms with Crippen molar-refractivity contribution < 1.29 is 0 Å². The number of aromatic nitrogens is 4. The maximum absolute atomic E-state index is 12.4. The van der Waals surface area contributed by atoms with E-state index in [-0.39, 0.29) is 5.69 Å². The Kier molecular flexibility index (Phi) is 7.35. The van der Waals surface area contributed by atoms with Gasteiger partial charge in [-0.3, -0.25) is 9.13 Å². The largest absolute Gasteiger partial charge is 0.328 e. The first kappa shape index (κ1) is 29.1. The van der Waals surface area contributed by atoms with E-state index in [4.69, 9.17) is 9.97 Å². The average Bonchev–Trinajstić information content (AvgIpc) is 3.38. The molecule has 6 aromatic carbocycles. The highest BCUT2D eigenvalue weighted by Gasteiger charge is 2.12. The lowest BCUT2D eigenvalue weighted by molar-refractivity contribution is 0.795. The zero-order valence-corrected chi connectivity index (χ0v) is 26.7. The Labute approximate surface area is 279 Å². The van der Waals surface area contributed by atoms with Gasteiger partial charge >= 0.3 is 5.69 Å². The van der Waals surface area contributed by atoms with Gasteiger partial charge in [-0.25, -0.2) is 14.8 Å². The van der Waals surface area contributed by atoms with Crippen molar-refractivity contribution in [2.45, 2.75) is 0 Å². The molecule has 8 aromatic rings. The summed E-state index contributed by atoms with van der Waals surface area (Å²) in [6.07, 6.45) is 0. The van der Waals surface area contributed by atoms with Crippen LogP contribution in [-0.2, 0) is 14.1 Å². The van der Waals surface area contributed by atoms with Crippen molar-refractivity contribution in [1.82, 2.24) is 19.1 Å². The molecular weight excluding hydrogens is 589 g/mol. The Morgan fingerprint density at radius 3 is 1.25 bits per heavy atom. The van der Waals surface area contributed by atoms with Crippen LogP contribution in [0.15, 0.2) is 163 Å². The van der Waals surface area contributed by atoms with E-state index in [2.05, 4.69) is 115 Å². The predicted molar refractivity (Wildman–Crippen MR) is 196 cm³/mol. The number of nitrogens with zero attached hydrogens (tertiary/aromatic N) is 4. The Morgan fingerprint density at radius 1 is 0.375 bits per heavy atom. The van der Waals surface area contributed by atoms with Gasteiger partial charge in [0.25, 0.3) is 0 Å². The molecule has 5 heteroatoms. The summed E-state index contributed by atoms with van der Waals surface area (Å²) in [4.78, 5) is 22.4. The van der Waals surface area contributed by atoms with Crippen molar-refractivity contribution in [3.63, 3.8) is 0 Å². The fraction of sp³-hybridized carbons (Fsp3) is 0.0465. The van der Waals surface area contributed by atoms with Crippen LogP contribution in [0.3, 0.4) is 0 Å². The topological polar surface area (TPSA) is 52.7 Å². The lowest BCUT2D eigenvalue weighted by Gasteiger charge is -2.11. The lowest BCUT2D eigenvalue weighted by Crippen LogP contribution is -2.19. The zero-order chi connectivity index (χ0) is 32.6. The van der Waals surface area contributed by atoms with Gasteiger partial charge in [0.2, 0.25) is 0 Å². The van der Waals surface area contributed by atoms with Crippen LogP contribution in [-0.4, -0.2) is 19.1 Å². The molecule has 0 spiro atoms. The van der Waals surface area contributed by atoms with Gasteiger partial charge in [-0.1, -0.05) is 140 Å². The molecule has 230 valence electrons. The number of benzene rings is 6. The summed E-state index contributed by atoms with van der Waals surface area (Å²) in [6, 6.07) is 54.5. The first-order valence-electron chi connectivity index (χ1n) is 16.0. The predicted octanol–water partition coefficient (Wildman–Crippen LogP) is 9.67. The van der Waals surface area contributed by atoms with Crippen molar-refractivity contribution >= 4 is 11.0 Å². The van der Waals surface area contributed by atoms with E-state index in [0.717, 1.165) is 61.4 Å². The first-order chi connectivity index (χ1) is 23.5. The lowest BCUT2D eigenvalue weighted by atomic mass is 9.98. The highest BCUT2D eigenvalue weighted by atomic mass is 16.1. The Morgan fingerprint density at radius 2 is 0.750 bits per heavy atom. The van der Waals surface area contributed by atoms with Crippen molar-refractivity contribution in [2.24, 2.45) is 14.1 Å². The van der Waals surface area contributed by atoms with Gasteiger partial charge < -0.3 is 0 Å². The number of fused-ring (bicyclic) bond motifs is 1. The molecule has 0 atom stereocenters. The monoisotopic (exact) mass is 620 g/mol. The molecule has 0 fully saturated rings. The van der Waals surface area contributed by atoms with E-state index < -0.39 is 0 Å². The number of hydrogen-bond acceptors (Lipinski definition) is 3. The van der Waals surface area contributed by atoms with E-state index in [1.54, 1.807) is 16.2 Å². The first-order valence-corrected chi connectivity index (χ1v) is 16.0. The molecule has 0 aliphatic rings. The van der Waals surface area contributed by atoms with Gasteiger partial charge in [0.1, 0.15) is 0 Å². The molecule has 0 unspecified atom stereocenters. The van der Waals surface area contributed by atoms with Gasteiger partial charge in [0.15, 0.2) is 5.82 Å². The van der Waals surface area contributed by atoms with E-state index in [1.807, 2.05) is 49.5 Å². The number of imidazole rings is 1. The average molecular weight is 621 g/mol.